The van der Waals surface area contributed by atoms with Crippen molar-refractivity contribution in [3.8, 4) is 23.0 Å². The van der Waals surface area contributed by atoms with Gasteiger partial charge in [-0.05, 0) is 47.9 Å². The first kappa shape index (κ1) is 19.9. The van der Waals surface area contributed by atoms with E-state index >= 15 is 0 Å². The standard InChI is InChI=1S/C22H27NO5/c1-15(2)22(16-5-10-19-20(13-16)27-12-4-11-26-19)23-21(24)14-28-18-8-6-17(25-3)7-9-18/h5-10,13,15,22H,4,11-12,14H2,1-3H3,(H,23,24)/t22-/m1/s1. The van der Waals surface area contributed by atoms with Crippen LogP contribution >= 0.6 is 0 Å². The molecule has 1 aliphatic heterocycles. The Balaban J connectivity index is 1.63. The first-order valence-corrected chi connectivity index (χ1v) is 9.52. The van der Waals surface area contributed by atoms with Crippen molar-refractivity contribution in [2.24, 2.45) is 5.92 Å². The van der Waals surface area contributed by atoms with Crippen LogP contribution in [0.25, 0.3) is 0 Å². The Morgan fingerprint density at radius 3 is 2.39 bits per heavy atom. The molecule has 0 unspecified atom stereocenters. The molecule has 2 aromatic carbocycles. The van der Waals surface area contributed by atoms with Crippen LogP contribution in [-0.2, 0) is 4.79 Å². The molecule has 0 saturated carbocycles. The largest absolute Gasteiger partial charge is 0.497 e. The van der Waals surface area contributed by atoms with Crippen molar-refractivity contribution in [1.82, 2.24) is 5.32 Å². The van der Waals surface area contributed by atoms with Crippen molar-refractivity contribution in [3.63, 3.8) is 0 Å². The maximum Gasteiger partial charge on any atom is 0.258 e. The maximum atomic E-state index is 12.5. The molecule has 3 rings (SSSR count). The lowest BCUT2D eigenvalue weighted by Crippen LogP contribution is -2.35. The highest BCUT2D eigenvalue weighted by Gasteiger charge is 2.21. The summed E-state index contributed by atoms with van der Waals surface area (Å²) in [4.78, 5) is 12.5. The van der Waals surface area contributed by atoms with Crippen LogP contribution in [0, 0.1) is 5.92 Å². The van der Waals surface area contributed by atoms with E-state index in [1.54, 1.807) is 31.4 Å². The zero-order valence-corrected chi connectivity index (χ0v) is 16.6. The number of carbonyl (C=O) groups excluding carboxylic acids is 1. The molecule has 150 valence electrons. The van der Waals surface area contributed by atoms with Crippen LogP contribution < -0.4 is 24.3 Å². The second-order valence-electron chi connectivity index (χ2n) is 7.01. The van der Waals surface area contributed by atoms with Gasteiger partial charge >= 0.3 is 0 Å². The minimum Gasteiger partial charge on any atom is -0.497 e. The Labute approximate surface area is 165 Å². The lowest BCUT2D eigenvalue weighted by Gasteiger charge is -2.24. The molecule has 0 spiro atoms. The van der Waals surface area contributed by atoms with E-state index < -0.39 is 0 Å². The Kier molecular flexibility index (Phi) is 6.63. The van der Waals surface area contributed by atoms with Gasteiger partial charge in [-0.2, -0.15) is 0 Å². The van der Waals surface area contributed by atoms with E-state index in [1.165, 1.54) is 0 Å². The normalized spacial score (nSPS) is 14.1. The van der Waals surface area contributed by atoms with Gasteiger partial charge in [0.1, 0.15) is 11.5 Å². The average Bonchev–Trinajstić information content (AvgIpc) is 2.95. The second kappa shape index (κ2) is 9.35. The number of benzene rings is 2. The van der Waals surface area contributed by atoms with Gasteiger partial charge in [-0.3, -0.25) is 4.79 Å². The number of hydrogen-bond donors (Lipinski definition) is 1. The Bertz CT molecular complexity index is 788. The van der Waals surface area contributed by atoms with Crippen molar-refractivity contribution in [2.75, 3.05) is 26.9 Å². The summed E-state index contributed by atoms with van der Waals surface area (Å²) in [7, 11) is 1.61. The third kappa shape index (κ3) is 5.09. The van der Waals surface area contributed by atoms with Gasteiger partial charge in [-0.1, -0.05) is 19.9 Å². The Morgan fingerprint density at radius 2 is 1.71 bits per heavy atom. The second-order valence-corrected chi connectivity index (χ2v) is 7.01. The van der Waals surface area contributed by atoms with E-state index in [2.05, 4.69) is 19.2 Å². The molecule has 6 heteroatoms. The van der Waals surface area contributed by atoms with E-state index in [0.29, 0.717) is 19.0 Å². The molecule has 1 N–H and O–H groups in total. The summed E-state index contributed by atoms with van der Waals surface area (Å²) in [6.07, 6.45) is 0.858. The molecule has 0 bridgehead atoms. The van der Waals surface area contributed by atoms with E-state index in [4.69, 9.17) is 18.9 Å². The minimum atomic E-state index is -0.179. The summed E-state index contributed by atoms with van der Waals surface area (Å²) in [5.74, 6) is 2.86. The van der Waals surface area contributed by atoms with Gasteiger partial charge in [0.2, 0.25) is 0 Å². The zero-order valence-electron chi connectivity index (χ0n) is 16.6. The summed E-state index contributed by atoms with van der Waals surface area (Å²) in [6.45, 7) is 5.36. The summed E-state index contributed by atoms with van der Waals surface area (Å²) >= 11 is 0. The fourth-order valence-electron chi connectivity index (χ4n) is 3.04. The van der Waals surface area contributed by atoms with Gasteiger partial charge in [0.25, 0.3) is 5.91 Å². The lowest BCUT2D eigenvalue weighted by atomic mass is 9.95. The lowest BCUT2D eigenvalue weighted by molar-refractivity contribution is -0.124. The fraction of sp³-hybridized carbons (Fsp3) is 0.409. The number of fused-ring (bicyclic) bond motifs is 1. The topological polar surface area (TPSA) is 66.0 Å². The average molecular weight is 385 g/mol. The number of rotatable bonds is 7. The van der Waals surface area contributed by atoms with Crippen LogP contribution in [0.1, 0.15) is 31.9 Å². The predicted octanol–water partition coefficient (Wildman–Crippen LogP) is 3.75. The first-order chi connectivity index (χ1) is 13.6. The molecule has 6 nitrogen and oxygen atoms in total. The quantitative estimate of drug-likeness (QED) is 0.786. The number of amides is 1. The smallest absolute Gasteiger partial charge is 0.258 e. The molecule has 0 radical (unpaired) electrons. The van der Waals surface area contributed by atoms with Gasteiger partial charge in [-0.15, -0.1) is 0 Å². The number of carbonyl (C=O) groups is 1. The monoisotopic (exact) mass is 385 g/mol. The van der Waals surface area contributed by atoms with Crippen LogP contribution in [0.15, 0.2) is 42.5 Å². The third-order valence-corrected chi connectivity index (χ3v) is 4.54. The molecule has 0 saturated heterocycles. The summed E-state index contributed by atoms with van der Waals surface area (Å²) in [5, 5.41) is 3.06. The van der Waals surface area contributed by atoms with E-state index in [-0.39, 0.29) is 24.5 Å². The minimum absolute atomic E-state index is 0.0555. The van der Waals surface area contributed by atoms with Crippen LogP contribution in [0.4, 0.5) is 0 Å². The zero-order chi connectivity index (χ0) is 19.9. The van der Waals surface area contributed by atoms with Gasteiger partial charge < -0.3 is 24.3 Å². The van der Waals surface area contributed by atoms with Crippen molar-refractivity contribution in [3.05, 3.63) is 48.0 Å². The summed E-state index contributed by atoms with van der Waals surface area (Å²) in [5.41, 5.74) is 0.983. The SMILES string of the molecule is COc1ccc(OCC(=O)N[C@@H](c2ccc3c(c2)OCCCO3)C(C)C)cc1. The Hall–Kier alpha value is -2.89. The molecular formula is C22H27NO5. The van der Waals surface area contributed by atoms with Gasteiger partial charge in [0.05, 0.1) is 26.4 Å². The number of methoxy groups -OCH3 is 1. The molecule has 1 aliphatic rings. The molecule has 0 fully saturated rings. The number of hydrogen-bond acceptors (Lipinski definition) is 5. The number of ether oxygens (including phenoxy) is 4. The fourth-order valence-corrected chi connectivity index (χ4v) is 3.04. The molecule has 28 heavy (non-hydrogen) atoms. The maximum absolute atomic E-state index is 12.5. The number of nitrogens with one attached hydrogen (secondary N) is 1. The van der Waals surface area contributed by atoms with Crippen molar-refractivity contribution < 1.29 is 23.7 Å². The highest BCUT2D eigenvalue weighted by Crippen LogP contribution is 2.34. The highest BCUT2D eigenvalue weighted by molar-refractivity contribution is 5.78. The van der Waals surface area contributed by atoms with Crippen molar-refractivity contribution in [1.29, 1.82) is 0 Å². The molecule has 1 atom stereocenters. The van der Waals surface area contributed by atoms with Crippen molar-refractivity contribution in [2.45, 2.75) is 26.3 Å². The molecular weight excluding hydrogens is 358 g/mol. The van der Waals surface area contributed by atoms with Crippen LogP contribution in [0.3, 0.4) is 0 Å². The summed E-state index contributed by atoms with van der Waals surface area (Å²) < 4.78 is 22.2. The molecule has 2 aromatic rings. The molecule has 1 amide bonds. The predicted molar refractivity (Wildman–Crippen MR) is 106 cm³/mol. The molecule has 0 aromatic heterocycles. The summed E-state index contributed by atoms with van der Waals surface area (Å²) in [6, 6.07) is 12.8. The van der Waals surface area contributed by atoms with Gasteiger partial charge in [-0.25, -0.2) is 0 Å². The van der Waals surface area contributed by atoms with Crippen LogP contribution in [0.2, 0.25) is 0 Å². The molecule has 1 heterocycles. The van der Waals surface area contributed by atoms with Gasteiger partial charge in [0, 0.05) is 6.42 Å². The van der Waals surface area contributed by atoms with E-state index in [0.717, 1.165) is 29.2 Å². The van der Waals surface area contributed by atoms with Crippen LogP contribution in [0.5, 0.6) is 23.0 Å². The third-order valence-electron chi connectivity index (χ3n) is 4.54. The van der Waals surface area contributed by atoms with E-state index in [1.807, 2.05) is 18.2 Å². The van der Waals surface area contributed by atoms with Crippen molar-refractivity contribution >= 4 is 5.91 Å². The van der Waals surface area contributed by atoms with Crippen LogP contribution in [-0.4, -0.2) is 32.8 Å². The Morgan fingerprint density at radius 1 is 1.04 bits per heavy atom. The first-order valence-electron chi connectivity index (χ1n) is 9.52. The molecule has 0 aliphatic carbocycles. The van der Waals surface area contributed by atoms with E-state index in [9.17, 15) is 4.79 Å². The van der Waals surface area contributed by atoms with Gasteiger partial charge in [0.15, 0.2) is 18.1 Å². The highest BCUT2D eigenvalue weighted by atomic mass is 16.5.